The Kier molecular flexibility index (Phi) is 3.28. The molecule has 2 aromatic heterocycles. The first-order valence-corrected chi connectivity index (χ1v) is 6.60. The summed E-state index contributed by atoms with van der Waals surface area (Å²) in [5.74, 6) is 0.535. The molecule has 1 N–H and O–H groups in total. The van der Waals surface area contributed by atoms with Crippen molar-refractivity contribution >= 4 is 17.4 Å². The van der Waals surface area contributed by atoms with Crippen molar-refractivity contribution < 1.29 is 4.79 Å². The fourth-order valence-electron chi connectivity index (χ4n) is 2.38. The number of rotatable bonds is 3. The van der Waals surface area contributed by atoms with Crippen LogP contribution in [0.5, 0.6) is 0 Å². The fourth-order valence-corrected chi connectivity index (χ4v) is 2.38. The van der Waals surface area contributed by atoms with E-state index in [1.54, 1.807) is 34.1 Å². The number of hydrogen-bond donors (Lipinski definition) is 1. The van der Waals surface area contributed by atoms with Gasteiger partial charge in [0.1, 0.15) is 11.9 Å². The molecule has 7 heteroatoms. The summed E-state index contributed by atoms with van der Waals surface area (Å²) in [6.07, 6.45) is 5.73. The second kappa shape index (κ2) is 5.25. The van der Waals surface area contributed by atoms with Crippen molar-refractivity contribution in [1.29, 1.82) is 5.26 Å². The summed E-state index contributed by atoms with van der Waals surface area (Å²) >= 11 is 0. The van der Waals surface area contributed by atoms with Crippen LogP contribution in [0.15, 0.2) is 30.7 Å². The molecule has 106 valence electrons. The van der Waals surface area contributed by atoms with Crippen molar-refractivity contribution in [3.8, 4) is 6.07 Å². The van der Waals surface area contributed by atoms with E-state index in [0.717, 1.165) is 5.69 Å². The molecule has 1 amide bonds. The Labute approximate surface area is 121 Å². The van der Waals surface area contributed by atoms with Gasteiger partial charge in [0, 0.05) is 26.0 Å². The first-order valence-electron chi connectivity index (χ1n) is 6.60. The van der Waals surface area contributed by atoms with Crippen LogP contribution in [-0.2, 0) is 11.8 Å². The Morgan fingerprint density at radius 2 is 2.38 bits per heavy atom. The van der Waals surface area contributed by atoms with Crippen LogP contribution in [0.4, 0.5) is 11.5 Å². The second-order valence-corrected chi connectivity index (χ2v) is 4.89. The van der Waals surface area contributed by atoms with Gasteiger partial charge in [0.2, 0.25) is 5.91 Å². The highest BCUT2D eigenvalue weighted by Crippen LogP contribution is 2.22. The predicted molar refractivity (Wildman–Crippen MR) is 76.5 cm³/mol. The van der Waals surface area contributed by atoms with Gasteiger partial charge in [-0.25, -0.2) is 4.98 Å². The number of aryl methyl sites for hydroxylation is 1. The van der Waals surface area contributed by atoms with Crippen molar-refractivity contribution in [2.75, 3.05) is 16.8 Å². The standard InChI is InChI=1S/C14H14N6O/c1-19-9-11(8-17-19)20-5-3-12(14(20)21)18-13-6-10(7-15)2-4-16-13/h2,4,6,8-9,12H,3,5H2,1H3,(H,16,18)/t12-/m1/s1. The van der Waals surface area contributed by atoms with Gasteiger partial charge in [0.15, 0.2) is 0 Å². The predicted octanol–water partition coefficient (Wildman–Crippen LogP) is 0.904. The van der Waals surface area contributed by atoms with Gasteiger partial charge in [-0.05, 0) is 18.6 Å². The van der Waals surface area contributed by atoms with Gasteiger partial charge in [-0.2, -0.15) is 10.4 Å². The largest absolute Gasteiger partial charge is 0.358 e. The maximum atomic E-state index is 12.4. The Morgan fingerprint density at radius 3 is 3.10 bits per heavy atom. The minimum atomic E-state index is -0.327. The van der Waals surface area contributed by atoms with Gasteiger partial charge < -0.3 is 10.2 Å². The number of hydrogen-bond acceptors (Lipinski definition) is 5. The fraction of sp³-hybridized carbons (Fsp3) is 0.286. The third-order valence-electron chi connectivity index (χ3n) is 3.42. The molecule has 1 atom stereocenters. The lowest BCUT2D eigenvalue weighted by Gasteiger charge is -2.15. The zero-order valence-electron chi connectivity index (χ0n) is 11.5. The molecule has 0 radical (unpaired) electrons. The molecule has 1 saturated heterocycles. The zero-order valence-corrected chi connectivity index (χ0v) is 11.5. The van der Waals surface area contributed by atoms with E-state index in [-0.39, 0.29) is 11.9 Å². The average Bonchev–Trinajstić information content (AvgIpc) is 3.06. The summed E-state index contributed by atoms with van der Waals surface area (Å²) in [4.78, 5) is 18.3. The highest BCUT2D eigenvalue weighted by molar-refractivity contribution is 6.00. The molecule has 0 bridgehead atoms. The highest BCUT2D eigenvalue weighted by atomic mass is 16.2. The van der Waals surface area contributed by atoms with Crippen molar-refractivity contribution in [3.05, 3.63) is 36.3 Å². The molecular formula is C14H14N6O. The molecule has 3 rings (SSSR count). The van der Waals surface area contributed by atoms with Crippen LogP contribution in [0.25, 0.3) is 0 Å². The van der Waals surface area contributed by atoms with Gasteiger partial charge in [-0.1, -0.05) is 0 Å². The number of nitrogens with zero attached hydrogens (tertiary/aromatic N) is 5. The molecular weight excluding hydrogens is 268 g/mol. The summed E-state index contributed by atoms with van der Waals surface area (Å²) in [5, 5.41) is 16.1. The maximum Gasteiger partial charge on any atom is 0.249 e. The van der Waals surface area contributed by atoms with E-state index < -0.39 is 0 Å². The maximum absolute atomic E-state index is 12.4. The molecule has 0 aromatic carbocycles. The molecule has 21 heavy (non-hydrogen) atoms. The van der Waals surface area contributed by atoms with E-state index >= 15 is 0 Å². The topological polar surface area (TPSA) is 86.8 Å². The number of nitriles is 1. The zero-order chi connectivity index (χ0) is 14.8. The van der Waals surface area contributed by atoms with Gasteiger partial charge >= 0.3 is 0 Å². The van der Waals surface area contributed by atoms with Crippen molar-refractivity contribution in [2.45, 2.75) is 12.5 Å². The monoisotopic (exact) mass is 282 g/mol. The molecule has 1 aliphatic heterocycles. The van der Waals surface area contributed by atoms with E-state index in [9.17, 15) is 4.79 Å². The quantitative estimate of drug-likeness (QED) is 0.904. The summed E-state index contributed by atoms with van der Waals surface area (Å²) < 4.78 is 1.67. The van der Waals surface area contributed by atoms with Gasteiger partial charge in [0.25, 0.3) is 0 Å². The number of pyridine rings is 1. The molecule has 2 aromatic rings. The van der Waals surface area contributed by atoms with Crippen LogP contribution in [0.2, 0.25) is 0 Å². The summed E-state index contributed by atoms with van der Waals surface area (Å²) in [6.45, 7) is 0.639. The Hall–Kier alpha value is -2.88. The van der Waals surface area contributed by atoms with Crippen LogP contribution < -0.4 is 10.2 Å². The van der Waals surface area contributed by atoms with E-state index in [0.29, 0.717) is 24.3 Å². The van der Waals surface area contributed by atoms with Crippen molar-refractivity contribution in [3.63, 3.8) is 0 Å². The molecule has 0 unspecified atom stereocenters. The van der Waals surface area contributed by atoms with Gasteiger partial charge in [-0.3, -0.25) is 9.48 Å². The average molecular weight is 282 g/mol. The third kappa shape index (κ3) is 2.56. The summed E-state index contributed by atoms with van der Waals surface area (Å²) in [5.41, 5.74) is 1.31. The van der Waals surface area contributed by atoms with Crippen LogP contribution >= 0.6 is 0 Å². The SMILES string of the molecule is Cn1cc(N2CC[C@@H](Nc3cc(C#N)ccn3)C2=O)cn1. The second-order valence-electron chi connectivity index (χ2n) is 4.89. The molecule has 0 spiro atoms. The van der Waals surface area contributed by atoms with Crippen LogP contribution in [-0.4, -0.2) is 33.3 Å². The Balaban J connectivity index is 1.73. The Bertz CT molecular complexity index is 716. The van der Waals surface area contributed by atoms with Crippen molar-refractivity contribution in [1.82, 2.24) is 14.8 Å². The molecule has 3 heterocycles. The van der Waals surface area contributed by atoms with E-state index in [1.807, 2.05) is 13.2 Å². The lowest BCUT2D eigenvalue weighted by Crippen LogP contribution is -2.33. The van der Waals surface area contributed by atoms with Gasteiger partial charge in [0.05, 0.1) is 23.5 Å². The summed E-state index contributed by atoms with van der Waals surface area (Å²) in [7, 11) is 1.82. The highest BCUT2D eigenvalue weighted by Gasteiger charge is 2.33. The molecule has 1 fully saturated rings. The number of amides is 1. The van der Waals surface area contributed by atoms with E-state index in [2.05, 4.69) is 21.5 Å². The van der Waals surface area contributed by atoms with E-state index in [4.69, 9.17) is 5.26 Å². The van der Waals surface area contributed by atoms with Crippen LogP contribution in [0.3, 0.4) is 0 Å². The molecule has 7 nitrogen and oxygen atoms in total. The van der Waals surface area contributed by atoms with Crippen LogP contribution in [0, 0.1) is 11.3 Å². The minimum Gasteiger partial charge on any atom is -0.358 e. The number of nitrogens with one attached hydrogen (secondary N) is 1. The smallest absolute Gasteiger partial charge is 0.249 e. The molecule has 0 aliphatic carbocycles. The first kappa shape index (κ1) is 13.1. The van der Waals surface area contributed by atoms with Crippen molar-refractivity contribution in [2.24, 2.45) is 7.05 Å². The van der Waals surface area contributed by atoms with Crippen LogP contribution in [0.1, 0.15) is 12.0 Å². The number of aromatic nitrogens is 3. The summed E-state index contributed by atoms with van der Waals surface area (Å²) in [6, 6.07) is 4.99. The third-order valence-corrected chi connectivity index (χ3v) is 3.42. The van der Waals surface area contributed by atoms with E-state index in [1.165, 1.54) is 0 Å². The normalized spacial score (nSPS) is 17.8. The molecule has 1 aliphatic rings. The first-order chi connectivity index (χ1) is 10.2. The number of anilines is 2. The lowest BCUT2D eigenvalue weighted by atomic mass is 10.2. The number of carbonyl (C=O) groups is 1. The number of carbonyl (C=O) groups excluding carboxylic acids is 1. The minimum absolute atomic E-state index is 0.00726. The molecule has 0 saturated carbocycles. The van der Waals surface area contributed by atoms with Gasteiger partial charge in [-0.15, -0.1) is 0 Å². The Morgan fingerprint density at radius 1 is 1.52 bits per heavy atom. The lowest BCUT2D eigenvalue weighted by molar-refractivity contribution is -0.117.